The number of nitrogens with zero attached hydrogens (tertiary/aromatic N) is 3. The lowest BCUT2D eigenvalue weighted by Crippen LogP contribution is -2.52. The zero-order valence-corrected chi connectivity index (χ0v) is 18.4. The van der Waals surface area contributed by atoms with Crippen molar-refractivity contribution in [3.05, 3.63) is 32.1 Å². The van der Waals surface area contributed by atoms with Gasteiger partial charge in [-0.25, -0.2) is 9.59 Å². The SMILES string of the molecule is O=C(CCn1c2c(c(=O)[nH]c1=O)CSCC2)NCC(=O)N1CCN(C(=O)OCCl)CC1. The van der Waals surface area contributed by atoms with E-state index in [2.05, 4.69) is 10.3 Å². The summed E-state index contributed by atoms with van der Waals surface area (Å²) in [7, 11) is 0. The van der Waals surface area contributed by atoms with Crippen LogP contribution in [-0.4, -0.2) is 81.8 Å². The summed E-state index contributed by atoms with van der Waals surface area (Å²) in [5.74, 6) is 0.736. The molecule has 0 radical (unpaired) electrons. The number of ether oxygens (including phenoxy) is 1. The normalized spacial score (nSPS) is 15.9. The number of aromatic nitrogens is 2. The van der Waals surface area contributed by atoms with Crippen LogP contribution in [0.2, 0.25) is 0 Å². The first-order chi connectivity index (χ1) is 14.9. The number of rotatable bonds is 6. The van der Waals surface area contributed by atoms with E-state index in [9.17, 15) is 24.0 Å². The van der Waals surface area contributed by atoms with Gasteiger partial charge in [-0.1, -0.05) is 11.6 Å². The van der Waals surface area contributed by atoms with Gasteiger partial charge >= 0.3 is 11.8 Å². The molecule has 0 unspecified atom stereocenters. The Morgan fingerprint density at radius 2 is 1.84 bits per heavy atom. The molecule has 1 fully saturated rings. The molecule has 0 spiro atoms. The van der Waals surface area contributed by atoms with Crippen molar-refractivity contribution in [1.29, 1.82) is 0 Å². The van der Waals surface area contributed by atoms with Crippen LogP contribution < -0.4 is 16.6 Å². The summed E-state index contributed by atoms with van der Waals surface area (Å²) in [6, 6.07) is -0.225. The summed E-state index contributed by atoms with van der Waals surface area (Å²) in [6.07, 6.45) is 0.0919. The molecule has 2 N–H and O–H groups in total. The second kappa shape index (κ2) is 10.7. The van der Waals surface area contributed by atoms with Gasteiger partial charge in [0.1, 0.15) is 0 Å². The third-order valence-electron chi connectivity index (χ3n) is 5.21. The van der Waals surface area contributed by atoms with Crippen molar-refractivity contribution in [3.63, 3.8) is 0 Å². The van der Waals surface area contributed by atoms with Gasteiger partial charge in [-0.3, -0.25) is 23.9 Å². The maximum atomic E-state index is 12.3. The fourth-order valence-corrected chi connectivity index (χ4v) is 4.61. The van der Waals surface area contributed by atoms with Gasteiger partial charge in [-0.05, 0) is 12.2 Å². The Labute approximate surface area is 187 Å². The van der Waals surface area contributed by atoms with Gasteiger partial charge in [0, 0.05) is 56.2 Å². The lowest BCUT2D eigenvalue weighted by molar-refractivity contribution is -0.134. The summed E-state index contributed by atoms with van der Waals surface area (Å²) >= 11 is 7.00. The molecule has 1 saturated heterocycles. The van der Waals surface area contributed by atoms with Crippen molar-refractivity contribution < 1.29 is 19.1 Å². The summed E-state index contributed by atoms with van der Waals surface area (Å²) in [5, 5.41) is 2.57. The maximum Gasteiger partial charge on any atom is 0.411 e. The first kappa shape index (κ1) is 23.2. The second-order valence-electron chi connectivity index (χ2n) is 7.05. The fourth-order valence-electron chi connectivity index (χ4n) is 3.53. The van der Waals surface area contributed by atoms with E-state index in [1.54, 1.807) is 16.7 Å². The molecule has 0 saturated carbocycles. The topological polar surface area (TPSA) is 134 Å². The van der Waals surface area contributed by atoms with Crippen molar-refractivity contribution in [1.82, 2.24) is 24.7 Å². The van der Waals surface area contributed by atoms with E-state index in [1.807, 2.05) is 0 Å². The van der Waals surface area contributed by atoms with Crippen molar-refractivity contribution >= 4 is 41.3 Å². The fraction of sp³-hybridized carbons (Fsp3) is 0.611. The first-order valence-electron chi connectivity index (χ1n) is 9.85. The number of piperazine rings is 1. The van der Waals surface area contributed by atoms with E-state index in [1.165, 1.54) is 9.47 Å². The number of carbonyl (C=O) groups excluding carboxylic acids is 3. The predicted molar refractivity (Wildman–Crippen MR) is 114 cm³/mol. The number of nitrogens with one attached hydrogen (secondary N) is 2. The molecule has 170 valence electrons. The van der Waals surface area contributed by atoms with Crippen molar-refractivity contribution in [3.8, 4) is 0 Å². The van der Waals surface area contributed by atoms with Gasteiger partial charge in [-0.2, -0.15) is 11.8 Å². The van der Waals surface area contributed by atoms with Crippen molar-refractivity contribution in [2.24, 2.45) is 0 Å². The van der Waals surface area contributed by atoms with Crippen LogP contribution in [0.25, 0.3) is 0 Å². The highest BCUT2D eigenvalue weighted by Crippen LogP contribution is 2.20. The molecule has 0 aromatic carbocycles. The molecule has 13 heteroatoms. The van der Waals surface area contributed by atoms with Crippen LogP contribution in [0.3, 0.4) is 0 Å². The minimum Gasteiger partial charge on any atom is -0.433 e. The summed E-state index contributed by atoms with van der Waals surface area (Å²) in [6.45, 7) is 1.29. The molecule has 1 aromatic rings. The van der Waals surface area contributed by atoms with Gasteiger partial charge in [-0.15, -0.1) is 0 Å². The van der Waals surface area contributed by atoms with Crippen LogP contribution >= 0.6 is 23.4 Å². The number of carbonyl (C=O) groups is 3. The molecule has 31 heavy (non-hydrogen) atoms. The number of amides is 3. The van der Waals surface area contributed by atoms with E-state index in [-0.39, 0.29) is 43.0 Å². The molecular formula is C18H24ClN5O6S. The molecule has 11 nitrogen and oxygen atoms in total. The Hall–Kier alpha value is -2.47. The molecule has 3 heterocycles. The molecular weight excluding hydrogens is 450 g/mol. The van der Waals surface area contributed by atoms with E-state index in [0.717, 1.165) is 5.75 Å². The van der Waals surface area contributed by atoms with Crippen molar-refractivity contribution in [2.75, 3.05) is 44.5 Å². The summed E-state index contributed by atoms with van der Waals surface area (Å²) in [5.41, 5.74) is 0.377. The lowest BCUT2D eigenvalue weighted by atomic mass is 10.2. The minimum atomic E-state index is -0.523. The quantitative estimate of drug-likeness (QED) is 0.522. The van der Waals surface area contributed by atoms with Gasteiger partial charge in [0.25, 0.3) is 5.56 Å². The summed E-state index contributed by atoms with van der Waals surface area (Å²) < 4.78 is 6.16. The molecule has 2 aliphatic rings. The average molecular weight is 474 g/mol. The smallest absolute Gasteiger partial charge is 0.411 e. The standard InChI is InChI=1S/C18H24ClN5O6S/c19-11-30-18(29)23-6-4-22(5-7-23)15(26)9-20-14(25)1-3-24-13-2-8-31-10-12(13)16(27)21-17(24)28/h1-11H2,(H,20,25)(H,21,27,28). The maximum absolute atomic E-state index is 12.3. The number of hydrogen-bond acceptors (Lipinski definition) is 7. The van der Waals surface area contributed by atoms with E-state index >= 15 is 0 Å². The average Bonchev–Trinajstić information content (AvgIpc) is 2.77. The van der Waals surface area contributed by atoms with E-state index in [4.69, 9.17) is 16.3 Å². The Bertz CT molecular complexity index is 956. The zero-order valence-electron chi connectivity index (χ0n) is 16.9. The van der Waals surface area contributed by atoms with Gasteiger partial charge < -0.3 is 19.9 Å². The molecule has 2 aliphatic heterocycles. The molecule has 0 atom stereocenters. The Kier molecular flexibility index (Phi) is 8.02. The largest absolute Gasteiger partial charge is 0.433 e. The highest BCUT2D eigenvalue weighted by molar-refractivity contribution is 7.98. The molecule has 0 aliphatic carbocycles. The second-order valence-corrected chi connectivity index (χ2v) is 8.38. The number of halogens is 1. The number of alkyl halides is 1. The summed E-state index contributed by atoms with van der Waals surface area (Å²) in [4.78, 5) is 65.6. The number of hydrogen-bond donors (Lipinski definition) is 2. The van der Waals surface area contributed by atoms with Crippen LogP contribution in [0.1, 0.15) is 17.7 Å². The molecule has 3 amide bonds. The molecule has 1 aromatic heterocycles. The predicted octanol–water partition coefficient (Wildman–Crippen LogP) is -0.691. The number of aromatic amines is 1. The van der Waals surface area contributed by atoms with Crippen LogP contribution in [0.15, 0.2) is 9.59 Å². The van der Waals surface area contributed by atoms with E-state index in [0.29, 0.717) is 49.6 Å². The number of fused-ring (bicyclic) bond motifs is 1. The van der Waals surface area contributed by atoms with Crippen LogP contribution in [-0.2, 0) is 33.0 Å². The third kappa shape index (κ3) is 5.82. The van der Waals surface area contributed by atoms with Crippen molar-refractivity contribution in [2.45, 2.75) is 25.1 Å². The lowest BCUT2D eigenvalue weighted by Gasteiger charge is -2.34. The monoisotopic (exact) mass is 473 g/mol. The van der Waals surface area contributed by atoms with Gasteiger partial charge in [0.15, 0.2) is 6.07 Å². The highest BCUT2D eigenvalue weighted by Gasteiger charge is 2.25. The van der Waals surface area contributed by atoms with Crippen LogP contribution in [0.4, 0.5) is 4.79 Å². The van der Waals surface area contributed by atoms with Crippen LogP contribution in [0, 0.1) is 0 Å². The molecule has 3 rings (SSSR count). The highest BCUT2D eigenvalue weighted by atomic mass is 35.5. The van der Waals surface area contributed by atoms with Crippen LogP contribution in [0.5, 0.6) is 0 Å². The zero-order chi connectivity index (χ0) is 22.4. The Balaban J connectivity index is 1.46. The number of thioether (sulfide) groups is 1. The van der Waals surface area contributed by atoms with Gasteiger partial charge in [0.2, 0.25) is 11.8 Å². The first-order valence-corrected chi connectivity index (χ1v) is 11.5. The third-order valence-corrected chi connectivity index (χ3v) is 6.31. The number of H-pyrrole nitrogens is 1. The molecule has 0 bridgehead atoms. The minimum absolute atomic E-state index is 0.0108. The van der Waals surface area contributed by atoms with E-state index < -0.39 is 11.8 Å². The van der Waals surface area contributed by atoms with Gasteiger partial charge in [0.05, 0.1) is 6.54 Å². The Morgan fingerprint density at radius 1 is 1.13 bits per heavy atom. The Morgan fingerprint density at radius 3 is 2.55 bits per heavy atom.